The van der Waals surface area contributed by atoms with Crippen molar-refractivity contribution in [2.45, 2.75) is 6.42 Å². The summed E-state index contributed by atoms with van der Waals surface area (Å²) in [5.41, 5.74) is 4.34. The van der Waals surface area contributed by atoms with E-state index in [4.69, 9.17) is 5.73 Å². The number of nitrogens with two attached hydrogens (primary N) is 1. The average molecular weight is 226 g/mol. The molecule has 0 radical (unpaired) electrons. The van der Waals surface area contributed by atoms with Crippen molar-refractivity contribution in [2.24, 2.45) is 0 Å². The summed E-state index contributed by atoms with van der Waals surface area (Å²) in [4.78, 5) is 11.4. The first-order valence-electron chi connectivity index (χ1n) is 4.70. The highest BCUT2D eigenvalue weighted by Gasteiger charge is 2.18. The lowest BCUT2D eigenvalue weighted by Gasteiger charge is -2.07. The molecule has 0 spiro atoms. The first kappa shape index (κ1) is 12.2. The zero-order valence-corrected chi connectivity index (χ0v) is 8.59. The smallest absolute Gasteiger partial charge is 0.257 e. The van der Waals surface area contributed by atoms with Gasteiger partial charge in [0.15, 0.2) is 5.82 Å². The molecule has 0 aromatic heterocycles. The summed E-state index contributed by atoms with van der Waals surface area (Å²) in [5, 5.41) is 2.36. The van der Waals surface area contributed by atoms with Crippen LogP contribution in [-0.4, -0.2) is 12.5 Å². The number of carbonyl (C=O) groups excluding carboxylic acids is 1. The quantitative estimate of drug-likeness (QED) is 0.467. The van der Waals surface area contributed by atoms with Gasteiger partial charge < -0.3 is 11.1 Å². The highest BCUT2D eigenvalue weighted by Crippen LogP contribution is 2.18. The van der Waals surface area contributed by atoms with Gasteiger partial charge in [-0.15, -0.1) is 6.58 Å². The van der Waals surface area contributed by atoms with Gasteiger partial charge in [0.25, 0.3) is 5.91 Å². The minimum Gasteiger partial charge on any atom is -0.396 e. The van der Waals surface area contributed by atoms with E-state index in [0.717, 1.165) is 12.1 Å². The molecular weight excluding hydrogens is 214 g/mol. The SMILES string of the molecule is C=CCCNC(=O)c1c(F)ccc(N)c1F. The summed E-state index contributed by atoms with van der Waals surface area (Å²) >= 11 is 0. The third kappa shape index (κ3) is 2.56. The molecule has 0 atom stereocenters. The molecular formula is C11H12F2N2O. The second-order valence-electron chi connectivity index (χ2n) is 3.16. The Morgan fingerprint density at radius 1 is 1.50 bits per heavy atom. The summed E-state index contributed by atoms with van der Waals surface area (Å²) in [6, 6.07) is 2.03. The lowest BCUT2D eigenvalue weighted by molar-refractivity contribution is 0.0946. The van der Waals surface area contributed by atoms with Crippen LogP contribution in [0.1, 0.15) is 16.8 Å². The molecule has 5 heteroatoms. The average Bonchev–Trinajstić information content (AvgIpc) is 2.24. The Morgan fingerprint density at radius 3 is 2.81 bits per heavy atom. The maximum Gasteiger partial charge on any atom is 0.257 e. The van der Waals surface area contributed by atoms with Crippen LogP contribution >= 0.6 is 0 Å². The van der Waals surface area contributed by atoms with E-state index in [9.17, 15) is 13.6 Å². The van der Waals surface area contributed by atoms with Crippen molar-refractivity contribution < 1.29 is 13.6 Å². The molecule has 3 nitrogen and oxygen atoms in total. The summed E-state index contributed by atoms with van der Waals surface area (Å²) in [6.07, 6.45) is 2.11. The first-order chi connectivity index (χ1) is 7.57. The number of halogens is 2. The molecule has 0 aliphatic rings. The van der Waals surface area contributed by atoms with E-state index < -0.39 is 23.1 Å². The number of carbonyl (C=O) groups is 1. The van der Waals surface area contributed by atoms with Gasteiger partial charge in [0.2, 0.25) is 0 Å². The molecule has 1 amide bonds. The minimum atomic E-state index is -1.03. The summed E-state index contributed by atoms with van der Waals surface area (Å²) in [6.45, 7) is 3.73. The van der Waals surface area contributed by atoms with E-state index in [-0.39, 0.29) is 12.2 Å². The Hall–Kier alpha value is -1.91. The summed E-state index contributed by atoms with van der Waals surface area (Å²) < 4.78 is 26.6. The number of hydrogen-bond donors (Lipinski definition) is 2. The van der Waals surface area contributed by atoms with Gasteiger partial charge in [-0.25, -0.2) is 8.78 Å². The molecule has 0 unspecified atom stereocenters. The maximum atomic E-state index is 13.4. The Balaban J connectivity index is 2.90. The molecule has 86 valence electrons. The van der Waals surface area contributed by atoms with Gasteiger partial charge in [-0.05, 0) is 18.6 Å². The third-order valence-electron chi connectivity index (χ3n) is 1.98. The topological polar surface area (TPSA) is 55.1 Å². The van der Waals surface area contributed by atoms with Crippen LogP contribution in [0.25, 0.3) is 0 Å². The van der Waals surface area contributed by atoms with E-state index in [0.29, 0.717) is 6.42 Å². The molecule has 1 aromatic rings. The fourth-order valence-electron chi connectivity index (χ4n) is 1.15. The number of nitrogens with one attached hydrogen (secondary N) is 1. The predicted octanol–water partition coefficient (Wildman–Crippen LogP) is 1.85. The molecule has 16 heavy (non-hydrogen) atoms. The van der Waals surface area contributed by atoms with Crippen molar-refractivity contribution in [3.8, 4) is 0 Å². The van der Waals surface area contributed by atoms with E-state index in [1.807, 2.05) is 0 Å². The lowest BCUT2D eigenvalue weighted by atomic mass is 10.1. The van der Waals surface area contributed by atoms with Crippen molar-refractivity contribution in [2.75, 3.05) is 12.3 Å². The van der Waals surface area contributed by atoms with Crippen LogP contribution in [0.5, 0.6) is 0 Å². The first-order valence-corrected chi connectivity index (χ1v) is 4.70. The van der Waals surface area contributed by atoms with Gasteiger partial charge in [0, 0.05) is 6.54 Å². The number of benzene rings is 1. The Bertz CT molecular complexity index is 419. The second-order valence-corrected chi connectivity index (χ2v) is 3.16. The van der Waals surface area contributed by atoms with Gasteiger partial charge in [-0.2, -0.15) is 0 Å². The summed E-state index contributed by atoms with van der Waals surface area (Å²) in [5.74, 6) is -2.77. The maximum absolute atomic E-state index is 13.4. The van der Waals surface area contributed by atoms with Gasteiger partial charge in [-0.3, -0.25) is 4.79 Å². The van der Waals surface area contributed by atoms with Crippen molar-refractivity contribution in [3.05, 3.63) is 42.0 Å². The molecule has 0 heterocycles. The van der Waals surface area contributed by atoms with Crippen LogP contribution in [0.2, 0.25) is 0 Å². The lowest BCUT2D eigenvalue weighted by Crippen LogP contribution is -2.26. The fraction of sp³-hybridized carbons (Fsp3) is 0.182. The zero-order valence-electron chi connectivity index (χ0n) is 8.59. The van der Waals surface area contributed by atoms with Crippen LogP contribution in [0.15, 0.2) is 24.8 Å². The van der Waals surface area contributed by atoms with Crippen molar-refractivity contribution in [1.29, 1.82) is 0 Å². The molecule has 3 N–H and O–H groups in total. The number of nitrogen functional groups attached to an aromatic ring is 1. The number of anilines is 1. The molecule has 0 aliphatic carbocycles. The second kappa shape index (κ2) is 5.25. The van der Waals surface area contributed by atoms with Crippen LogP contribution in [0.3, 0.4) is 0 Å². The van der Waals surface area contributed by atoms with E-state index in [2.05, 4.69) is 11.9 Å². The van der Waals surface area contributed by atoms with Crippen LogP contribution in [0, 0.1) is 11.6 Å². The Labute approximate surface area is 91.9 Å². The Kier molecular flexibility index (Phi) is 3.99. The highest BCUT2D eigenvalue weighted by atomic mass is 19.1. The molecule has 0 aliphatic heterocycles. The fourth-order valence-corrected chi connectivity index (χ4v) is 1.15. The standard InChI is InChI=1S/C11H12F2N2O/c1-2-3-6-15-11(16)9-7(12)4-5-8(14)10(9)13/h2,4-5H,1,3,6,14H2,(H,15,16). The predicted molar refractivity (Wildman–Crippen MR) is 57.9 cm³/mol. The van der Waals surface area contributed by atoms with Crippen molar-refractivity contribution in [1.82, 2.24) is 5.32 Å². The summed E-state index contributed by atoms with van der Waals surface area (Å²) in [7, 11) is 0. The zero-order chi connectivity index (χ0) is 12.1. The Morgan fingerprint density at radius 2 is 2.19 bits per heavy atom. The number of amides is 1. The largest absolute Gasteiger partial charge is 0.396 e. The van der Waals surface area contributed by atoms with E-state index in [1.54, 1.807) is 6.08 Å². The molecule has 0 bridgehead atoms. The number of rotatable bonds is 4. The van der Waals surface area contributed by atoms with Crippen LogP contribution in [-0.2, 0) is 0 Å². The molecule has 0 saturated heterocycles. The van der Waals surface area contributed by atoms with Gasteiger partial charge in [0.05, 0.1) is 5.69 Å². The molecule has 1 rings (SSSR count). The van der Waals surface area contributed by atoms with Gasteiger partial charge >= 0.3 is 0 Å². The third-order valence-corrected chi connectivity index (χ3v) is 1.98. The highest BCUT2D eigenvalue weighted by molar-refractivity contribution is 5.95. The monoisotopic (exact) mass is 226 g/mol. The van der Waals surface area contributed by atoms with Crippen molar-refractivity contribution >= 4 is 11.6 Å². The molecule has 0 fully saturated rings. The van der Waals surface area contributed by atoms with Crippen LogP contribution in [0.4, 0.5) is 14.5 Å². The van der Waals surface area contributed by atoms with Gasteiger partial charge in [-0.1, -0.05) is 6.08 Å². The number of hydrogen-bond acceptors (Lipinski definition) is 2. The van der Waals surface area contributed by atoms with E-state index in [1.165, 1.54) is 0 Å². The molecule has 1 aromatic carbocycles. The normalized spacial score (nSPS) is 9.88. The van der Waals surface area contributed by atoms with Crippen molar-refractivity contribution in [3.63, 3.8) is 0 Å². The molecule has 0 saturated carbocycles. The van der Waals surface area contributed by atoms with E-state index >= 15 is 0 Å². The van der Waals surface area contributed by atoms with Crippen LogP contribution < -0.4 is 11.1 Å². The van der Waals surface area contributed by atoms with Gasteiger partial charge in [0.1, 0.15) is 11.4 Å². The minimum absolute atomic E-state index is 0.254.